The van der Waals surface area contributed by atoms with Crippen LogP contribution in [-0.4, -0.2) is 26.1 Å². The quantitative estimate of drug-likeness (QED) is 0.906. The number of carbonyl (C=O) groups excluding carboxylic acids is 1. The Bertz CT molecular complexity index is 662. The normalized spacial score (nSPS) is 21.5. The first-order valence-corrected chi connectivity index (χ1v) is 9.18. The molecule has 1 amide bonds. The highest BCUT2D eigenvalue weighted by Gasteiger charge is 2.30. The van der Waals surface area contributed by atoms with Gasteiger partial charge in [0.1, 0.15) is 0 Å². The van der Waals surface area contributed by atoms with Gasteiger partial charge in [-0.1, -0.05) is 50.3 Å². The van der Waals surface area contributed by atoms with Gasteiger partial charge in [0, 0.05) is 29.2 Å². The number of allylic oxidation sites excluding steroid dienone is 1. The van der Waals surface area contributed by atoms with Gasteiger partial charge in [0.15, 0.2) is 9.84 Å². The molecule has 2 rings (SSSR count). The van der Waals surface area contributed by atoms with E-state index in [0.717, 1.165) is 5.56 Å². The fraction of sp³-hybridized carbons (Fsp3) is 0.471. The summed E-state index contributed by atoms with van der Waals surface area (Å²) in [6, 6.07) is 9.99. The Balaban J connectivity index is 1.95. The summed E-state index contributed by atoms with van der Waals surface area (Å²) in [5.41, 5.74) is 0.959. The number of rotatable bonds is 5. The van der Waals surface area contributed by atoms with Crippen molar-refractivity contribution in [2.45, 2.75) is 38.6 Å². The van der Waals surface area contributed by atoms with E-state index in [4.69, 9.17) is 0 Å². The van der Waals surface area contributed by atoms with Crippen molar-refractivity contribution in [2.75, 3.05) is 5.75 Å². The molecule has 0 unspecified atom stereocenters. The first kappa shape index (κ1) is 16.7. The third kappa shape index (κ3) is 3.97. The lowest BCUT2D eigenvalue weighted by Crippen LogP contribution is -2.45. The Hall–Kier alpha value is -1.62. The van der Waals surface area contributed by atoms with Gasteiger partial charge < -0.3 is 5.32 Å². The summed E-state index contributed by atoms with van der Waals surface area (Å²) in [4.78, 5) is 12.2. The molecule has 1 aromatic rings. The largest absolute Gasteiger partial charge is 0.353 e. The minimum Gasteiger partial charge on any atom is -0.353 e. The molecule has 0 aromatic heterocycles. The monoisotopic (exact) mass is 321 g/mol. The van der Waals surface area contributed by atoms with Crippen molar-refractivity contribution < 1.29 is 13.2 Å². The molecule has 22 heavy (non-hydrogen) atoms. The second-order valence-electron chi connectivity index (χ2n) is 6.50. The van der Waals surface area contributed by atoms with Crippen LogP contribution in [0.1, 0.15) is 32.8 Å². The maximum absolute atomic E-state index is 12.2. The van der Waals surface area contributed by atoms with E-state index in [1.54, 1.807) is 6.08 Å². The van der Waals surface area contributed by atoms with Gasteiger partial charge in [-0.2, -0.15) is 0 Å². The topological polar surface area (TPSA) is 63.2 Å². The number of hydrogen-bond donors (Lipinski definition) is 1. The molecule has 0 bridgehead atoms. The molecule has 1 aliphatic heterocycles. The van der Waals surface area contributed by atoms with Gasteiger partial charge in [0.2, 0.25) is 5.91 Å². The van der Waals surface area contributed by atoms with E-state index in [-0.39, 0.29) is 35.5 Å². The minimum atomic E-state index is -3.10. The summed E-state index contributed by atoms with van der Waals surface area (Å²) in [5.74, 6) is -0.281. The Morgan fingerprint density at radius 3 is 2.50 bits per heavy atom. The second-order valence-corrected chi connectivity index (χ2v) is 8.43. The van der Waals surface area contributed by atoms with E-state index in [0.29, 0.717) is 0 Å². The van der Waals surface area contributed by atoms with Gasteiger partial charge in [0.05, 0.1) is 5.75 Å². The van der Waals surface area contributed by atoms with Crippen LogP contribution in [0.2, 0.25) is 0 Å². The zero-order chi connectivity index (χ0) is 16.4. The predicted octanol–water partition coefficient (Wildman–Crippen LogP) is 2.42. The van der Waals surface area contributed by atoms with Crippen LogP contribution in [0.15, 0.2) is 41.8 Å². The molecular weight excluding hydrogens is 298 g/mol. The van der Waals surface area contributed by atoms with Crippen molar-refractivity contribution in [3.8, 4) is 0 Å². The molecule has 2 atom stereocenters. The highest BCUT2D eigenvalue weighted by Crippen LogP contribution is 2.27. The fourth-order valence-electron chi connectivity index (χ4n) is 2.60. The third-order valence-electron chi connectivity index (χ3n) is 4.43. The molecule has 120 valence electrons. The van der Waals surface area contributed by atoms with Gasteiger partial charge in [0.25, 0.3) is 0 Å². The number of sulfone groups is 1. The predicted molar refractivity (Wildman–Crippen MR) is 88.1 cm³/mol. The molecule has 1 aliphatic rings. The summed E-state index contributed by atoms with van der Waals surface area (Å²) in [5, 5.41) is 4.22. The molecule has 1 heterocycles. The molecule has 4 nitrogen and oxygen atoms in total. The number of nitrogens with one attached hydrogen (secondary N) is 1. The van der Waals surface area contributed by atoms with Crippen LogP contribution in [0.5, 0.6) is 0 Å². The molecule has 1 N–H and O–H groups in total. The molecule has 0 fully saturated rings. The third-order valence-corrected chi connectivity index (χ3v) is 5.89. The van der Waals surface area contributed by atoms with E-state index in [9.17, 15) is 13.2 Å². The summed E-state index contributed by atoms with van der Waals surface area (Å²) in [6.45, 7) is 6.16. The first-order valence-electron chi connectivity index (χ1n) is 7.46. The first-order chi connectivity index (χ1) is 10.2. The number of carbonyl (C=O) groups is 1. The molecule has 0 radical (unpaired) electrons. The lowest BCUT2D eigenvalue weighted by atomic mass is 9.78. The van der Waals surface area contributed by atoms with E-state index in [2.05, 4.69) is 31.3 Å². The maximum atomic E-state index is 12.2. The number of hydrogen-bond acceptors (Lipinski definition) is 3. The Labute approximate surface area is 132 Å². The summed E-state index contributed by atoms with van der Waals surface area (Å²) < 4.78 is 22.7. The highest BCUT2D eigenvalue weighted by atomic mass is 32.2. The average Bonchev–Trinajstić information content (AvgIpc) is 2.78. The van der Waals surface area contributed by atoms with Crippen LogP contribution in [0, 0.1) is 5.92 Å². The van der Waals surface area contributed by atoms with Crippen LogP contribution in [-0.2, 0) is 20.0 Å². The molecular formula is C17H23NO3S. The minimum absolute atomic E-state index is 0.0386. The molecule has 1 aromatic carbocycles. The van der Waals surface area contributed by atoms with Crippen molar-refractivity contribution >= 4 is 15.7 Å². The van der Waals surface area contributed by atoms with E-state index < -0.39 is 9.84 Å². The van der Waals surface area contributed by atoms with Crippen molar-refractivity contribution in [3.05, 3.63) is 47.4 Å². The standard InChI is InChI=1S/C17H23NO3S/c1-13(17(2,3)15-7-5-4-6-8-15)18-16(19)11-14-9-10-22(20,21)12-14/h4-10,13-14H,11-12H2,1-3H3,(H,18,19)/t13-,14-/m0/s1. The van der Waals surface area contributed by atoms with Crippen LogP contribution < -0.4 is 5.32 Å². The van der Waals surface area contributed by atoms with Gasteiger partial charge in [-0.3, -0.25) is 4.79 Å². The second kappa shape index (κ2) is 6.24. The summed E-state index contributed by atoms with van der Waals surface area (Å²) >= 11 is 0. The summed E-state index contributed by atoms with van der Waals surface area (Å²) in [6.07, 6.45) is 1.83. The van der Waals surface area contributed by atoms with Crippen molar-refractivity contribution in [1.29, 1.82) is 0 Å². The van der Waals surface area contributed by atoms with Gasteiger partial charge >= 0.3 is 0 Å². The van der Waals surface area contributed by atoms with Crippen molar-refractivity contribution in [3.63, 3.8) is 0 Å². The lowest BCUT2D eigenvalue weighted by Gasteiger charge is -2.33. The van der Waals surface area contributed by atoms with Crippen LogP contribution in [0.4, 0.5) is 0 Å². The molecule has 0 saturated heterocycles. The van der Waals surface area contributed by atoms with Gasteiger partial charge in [-0.05, 0) is 12.5 Å². The Morgan fingerprint density at radius 2 is 1.95 bits per heavy atom. The van der Waals surface area contributed by atoms with Gasteiger partial charge in [-0.15, -0.1) is 0 Å². The van der Waals surface area contributed by atoms with Crippen molar-refractivity contribution in [1.82, 2.24) is 5.32 Å². The number of amides is 1. The Morgan fingerprint density at radius 1 is 1.32 bits per heavy atom. The number of benzene rings is 1. The highest BCUT2D eigenvalue weighted by molar-refractivity contribution is 7.94. The van der Waals surface area contributed by atoms with Crippen molar-refractivity contribution in [2.24, 2.45) is 5.92 Å². The van der Waals surface area contributed by atoms with E-state index in [1.807, 2.05) is 25.1 Å². The molecule has 0 aliphatic carbocycles. The average molecular weight is 321 g/mol. The zero-order valence-corrected chi connectivity index (χ0v) is 14.1. The van der Waals surface area contributed by atoms with Crippen LogP contribution in [0.25, 0.3) is 0 Å². The van der Waals surface area contributed by atoms with Crippen LogP contribution in [0.3, 0.4) is 0 Å². The van der Waals surface area contributed by atoms with E-state index >= 15 is 0 Å². The fourth-order valence-corrected chi connectivity index (χ4v) is 4.00. The Kier molecular flexibility index (Phi) is 4.75. The van der Waals surface area contributed by atoms with Crippen LogP contribution >= 0.6 is 0 Å². The molecule has 0 saturated carbocycles. The SMILES string of the molecule is C[C@H](NC(=O)C[C@@H]1C=CS(=O)(=O)C1)C(C)(C)c1ccccc1. The van der Waals surface area contributed by atoms with Gasteiger partial charge in [-0.25, -0.2) is 8.42 Å². The zero-order valence-electron chi connectivity index (χ0n) is 13.2. The van der Waals surface area contributed by atoms with E-state index in [1.165, 1.54) is 5.41 Å². The summed E-state index contributed by atoms with van der Waals surface area (Å²) in [7, 11) is -3.10. The lowest BCUT2D eigenvalue weighted by molar-refractivity contribution is -0.122. The smallest absolute Gasteiger partial charge is 0.220 e. The maximum Gasteiger partial charge on any atom is 0.220 e. The molecule has 0 spiro atoms. The molecule has 5 heteroatoms.